The highest BCUT2D eigenvalue weighted by atomic mass is 16.5. The standard InChI is InChI=1S/C13H15NO2/c1-9-10(2)13(16-3)7-6-11(9)12(15)5-4-8-14/h6-7H,4-5H2,1-3H3. The van der Waals surface area contributed by atoms with E-state index in [9.17, 15) is 4.79 Å². The van der Waals surface area contributed by atoms with Gasteiger partial charge in [-0.05, 0) is 37.1 Å². The van der Waals surface area contributed by atoms with E-state index in [1.165, 1.54) is 0 Å². The Labute approximate surface area is 95.7 Å². The molecule has 3 nitrogen and oxygen atoms in total. The van der Waals surface area contributed by atoms with Crippen LogP contribution in [0.5, 0.6) is 5.75 Å². The molecule has 16 heavy (non-hydrogen) atoms. The molecule has 1 rings (SSSR count). The molecule has 0 saturated heterocycles. The summed E-state index contributed by atoms with van der Waals surface area (Å²) in [6.45, 7) is 3.83. The first-order valence-electron chi connectivity index (χ1n) is 5.16. The first-order chi connectivity index (χ1) is 7.61. The van der Waals surface area contributed by atoms with Crippen LogP contribution in [0.25, 0.3) is 0 Å². The fourth-order valence-electron chi connectivity index (χ4n) is 1.62. The van der Waals surface area contributed by atoms with Crippen molar-refractivity contribution in [3.8, 4) is 11.8 Å². The molecule has 0 N–H and O–H groups in total. The number of ketones is 1. The van der Waals surface area contributed by atoms with Gasteiger partial charge in [0.1, 0.15) is 5.75 Å². The van der Waals surface area contributed by atoms with Gasteiger partial charge in [-0.15, -0.1) is 0 Å². The minimum absolute atomic E-state index is 0.0183. The summed E-state index contributed by atoms with van der Waals surface area (Å²) in [6, 6.07) is 5.54. The summed E-state index contributed by atoms with van der Waals surface area (Å²) in [6.07, 6.45) is 0.548. The quantitative estimate of drug-likeness (QED) is 0.728. The molecule has 0 aromatic heterocycles. The molecule has 1 aromatic carbocycles. The summed E-state index contributed by atoms with van der Waals surface area (Å²) in [5.41, 5.74) is 2.60. The zero-order valence-electron chi connectivity index (χ0n) is 9.83. The molecule has 0 aliphatic heterocycles. The van der Waals surface area contributed by atoms with Gasteiger partial charge < -0.3 is 4.74 Å². The Morgan fingerprint density at radius 1 is 1.38 bits per heavy atom. The van der Waals surface area contributed by atoms with Crippen LogP contribution in [0, 0.1) is 25.2 Å². The Morgan fingerprint density at radius 3 is 2.62 bits per heavy atom. The maximum absolute atomic E-state index is 11.8. The average molecular weight is 217 g/mol. The second kappa shape index (κ2) is 5.32. The second-order valence-electron chi connectivity index (χ2n) is 3.65. The van der Waals surface area contributed by atoms with Gasteiger partial charge in [0.05, 0.1) is 13.2 Å². The third-order valence-corrected chi connectivity index (χ3v) is 2.72. The highest BCUT2D eigenvalue weighted by molar-refractivity contribution is 5.98. The number of carbonyl (C=O) groups is 1. The van der Waals surface area contributed by atoms with Crippen molar-refractivity contribution in [1.29, 1.82) is 5.26 Å². The number of nitriles is 1. The molecular weight excluding hydrogens is 202 g/mol. The number of methoxy groups -OCH3 is 1. The Balaban J connectivity index is 3.03. The normalized spacial score (nSPS) is 9.62. The minimum Gasteiger partial charge on any atom is -0.496 e. The minimum atomic E-state index is 0.0183. The van der Waals surface area contributed by atoms with Crippen LogP contribution in [0.3, 0.4) is 0 Å². The fraction of sp³-hybridized carbons (Fsp3) is 0.385. The van der Waals surface area contributed by atoms with E-state index in [0.717, 1.165) is 16.9 Å². The van der Waals surface area contributed by atoms with Crippen LogP contribution in [0.4, 0.5) is 0 Å². The number of nitrogens with zero attached hydrogens (tertiary/aromatic N) is 1. The summed E-state index contributed by atoms with van der Waals surface area (Å²) < 4.78 is 5.18. The molecule has 0 radical (unpaired) electrons. The largest absolute Gasteiger partial charge is 0.496 e. The Bertz CT molecular complexity index is 444. The van der Waals surface area contributed by atoms with Crippen LogP contribution in [-0.2, 0) is 0 Å². The predicted octanol–water partition coefficient (Wildman–Crippen LogP) is 2.80. The summed E-state index contributed by atoms with van der Waals surface area (Å²) in [4.78, 5) is 11.8. The van der Waals surface area contributed by atoms with E-state index >= 15 is 0 Å². The molecule has 84 valence electrons. The molecule has 0 amide bonds. The molecule has 3 heteroatoms. The molecule has 0 bridgehead atoms. The van der Waals surface area contributed by atoms with Crippen LogP contribution in [-0.4, -0.2) is 12.9 Å². The van der Waals surface area contributed by atoms with E-state index in [1.54, 1.807) is 19.2 Å². The zero-order valence-corrected chi connectivity index (χ0v) is 9.83. The third kappa shape index (κ3) is 2.40. The highest BCUT2D eigenvalue weighted by Gasteiger charge is 2.12. The Hall–Kier alpha value is -1.82. The number of rotatable bonds is 4. The molecular formula is C13H15NO2. The van der Waals surface area contributed by atoms with Gasteiger partial charge in [-0.1, -0.05) is 0 Å². The van der Waals surface area contributed by atoms with E-state index < -0.39 is 0 Å². The van der Waals surface area contributed by atoms with Crippen molar-refractivity contribution in [2.24, 2.45) is 0 Å². The monoisotopic (exact) mass is 217 g/mol. The number of hydrogen-bond donors (Lipinski definition) is 0. The smallest absolute Gasteiger partial charge is 0.164 e. The van der Waals surface area contributed by atoms with Gasteiger partial charge >= 0.3 is 0 Å². The maximum atomic E-state index is 11.8. The second-order valence-corrected chi connectivity index (χ2v) is 3.65. The molecule has 0 saturated carbocycles. The van der Waals surface area contributed by atoms with Crippen LogP contribution in [0.2, 0.25) is 0 Å². The molecule has 0 spiro atoms. The van der Waals surface area contributed by atoms with Gasteiger partial charge in [-0.3, -0.25) is 4.79 Å². The number of hydrogen-bond acceptors (Lipinski definition) is 3. The van der Waals surface area contributed by atoms with E-state index in [2.05, 4.69) is 0 Å². The van der Waals surface area contributed by atoms with Crippen molar-refractivity contribution in [3.63, 3.8) is 0 Å². The van der Waals surface area contributed by atoms with Gasteiger partial charge in [-0.2, -0.15) is 5.26 Å². The number of Topliss-reactive ketones (excluding diaryl/α,β-unsaturated/α-hetero) is 1. The number of ether oxygens (including phenoxy) is 1. The van der Waals surface area contributed by atoms with Crippen molar-refractivity contribution >= 4 is 5.78 Å². The van der Waals surface area contributed by atoms with E-state index in [0.29, 0.717) is 5.56 Å². The van der Waals surface area contributed by atoms with Crippen LogP contribution >= 0.6 is 0 Å². The van der Waals surface area contributed by atoms with E-state index in [4.69, 9.17) is 10.00 Å². The van der Waals surface area contributed by atoms with Gasteiger partial charge in [0.25, 0.3) is 0 Å². The van der Waals surface area contributed by atoms with E-state index in [1.807, 2.05) is 19.9 Å². The molecule has 1 aromatic rings. The summed E-state index contributed by atoms with van der Waals surface area (Å²) in [5.74, 6) is 0.805. The lowest BCUT2D eigenvalue weighted by Gasteiger charge is -2.11. The summed E-state index contributed by atoms with van der Waals surface area (Å²) in [5, 5.41) is 8.45. The molecule has 0 heterocycles. The lowest BCUT2D eigenvalue weighted by molar-refractivity contribution is 0.0983. The third-order valence-electron chi connectivity index (χ3n) is 2.72. The van der Waals surface area contributed by atoms with Gasteiger partial charge in [0.15, 0.2) is 5.78 Å². The number of benzene rings is 1. The van der Waals surface area contributed by atoms with Crippen molar-refractivity contribution < 1.29 is 9.53 Å². The Morgan fingerprint density at radius 2 is 2.06 bits per heavy atom. The number of carbonyl (C=O) groups excluding carboxylic acids is 1. The van der Waals surface area contributed by atoms with E-state index in [-0.39, 0.29) is 18.6 Å². The predicted molar refractivity (Wildman–Crippen MR) is 61.6 cm³/mol. The average Bonchev–Trinajstić information content (AvgIpc) is 2.29. The highest BCUT2D eigenvalue weighted by Crippen LogP contribution is 2.24. The van der Waals surface area contributed by atoms with Crippen LogP contribution in [0.1, 0.15) is 34.3 Å². The lowest BCUT2D eigenvalue weighted by atomic mass is 9.97. The maximum Gasteiger partial charge on any atom is 0.164 e. The van der Waals surface area contributed by atoms with Gasteiger partial charge in [-0.25, -0.2) is 0 Å². The molecule has 0 fully saturated rings. The lowest BCUT2D eigenvalue weighted by Crippen LogP contribution is -2.03. The molecule has 0 unspecified atom stereocenters. The van der Waals surface area contributed by atoms with Crippen molar-refractivity contribution in [2.75, 3.05) is 7.11 Å². The van der Waals surface area contributed by atoms with Crippen LogP contribution < -0.4 is 4.74 Å². The first-order valence-corrected chi connectivity index (χ1v) is 5.16. The molecule has 0 aliphatic rings. The zero-order chi connectivity index (χ0) is 12.1. The summed E-state index contributed by atoms with van der Waals surface area (Å²) in [7, 11) is 1.61. The first kappa shape index (κ1) is 12.3. The van der Waals surface area contributed by atoms with Crippen molar-refractivity contribution in [1.82, 2.24) is 0 Å². The van der Waals surface area contributed by atoms with Crippen molar-refractivity contribution in [3.05, 3.63) is 28.8 Å². The topological polar surface area (TPSA) is 50.1 Å². The summed E-state index contributed by atoms with van der Waals surface area (Å²) >= 11 is 0. The Kier molecular flexibility index (Phi) is 4.07. The van der Waals surface area contributed by atoms with Crippen molar-refractivity contribution in [2.45, 2.75) is 26.7 Å². The fourth-order valence-corrected chi connectivity index (χ4v) is 1.62. The molecule has 0 atom stereocenters. The van der Waals surface area contributed by atoms with Crippen LogP contribution in [0.15, 0.2) is 12.1 Å². The SMILES string of the molecule is COc1ccc(C(=O)CCC#N)c(C)c1C. The van der Waals surface area contributed by atoms with Gasteiger partial charge in [0.2, 0.25) is 0 Å². The van der Waals surface area contributed by atoms with Gasteiger partial charge in [0, 0.05) is 18.4 Å². The molecule has 0 aliphatic carbocycles.